The van der Waals surface area contributed by atoms with Crippen LogP contribution in [0.2, 0.25) is 0 Å². The van der Waals surface area contributed by atoms with E-state index >= 15 is 0 Å². The molecule has 0 radical (unpaired) electrons. The van der Waals surface area contributed by atoms with Crippen molar-refractivity contribution in [3.05, 3.63) is 5.69 Å². The molecule has 2 fully saturated rings. The molecular weight excluding hydrogens is 382 g/mol. The van der Waals surface area contributed by atoms with Gasteiger partial charge in [0.05, 0.1) is 25.0 Å². The van der Waals surface area contributed by atoms with Crippen LogP contribution in [0, 0.1) is 6.92 Å². The molecule has 2 saturated heterocycles. The molecule has 4 rings (SSSR count). The predicted molar refractivity (Wildman–Crippen MR) is 104 cm³/mol. The lowest BCUT2D eigenvalue weighted by Crippen LogP contribution is -2.64. The number of thioether (sulfide) groups is 1. The van der Waals surface area contributed by atoms with Gasteiger partial charge >= 0.3 is 0 Å². The lowest BCUT2D eigenvalue weighted by molar-refractivity contribution is -0.162. The maximum atomic E-state index is 9.15. The minimum atomic E-state index is -0.758. The van der Waals surface area contributed by atoms with Crippen molar-refractivity contribution in [3.63, 3.8) is 0 Å². The topological polar surface area (TPSA) is 98.4 Å². The second-order valence-corrected chi connectivity index (χ2v) is 8.83. The minimum Gasteiger partial charge on any atom is -0.394 e. The maximum Gasteiger partial charge on any atom is 0.290 e. The summed E-state index contributed by atoms with van der Waals surface area (Å²) in [5, 5.41) is 19.0. The van der Waals surface area contributed by atoms with Crippen molar-refractivity contribution >= 4 is 23.3 Å². The number of hydrogen-bond donors (Lipinski definition) is 1. The Labute approximate surface area is 169 Å². The first kappa shape index (κ1) is 20.1. The van der Waals surface area contributed by atoms with Gasteiger partial charge in [0, 0.05) is 17.4 Å². The Balaban J connectivity index is 1.71. The van der Waals surface area contributed by atoms with E-state index in [1.165, 1.54) is 0 Å². The molecule has 0 amide bonds. The monoisotopic (exact) mass is 410 g/mol. The number of rotatable bonds is 6. The fourth-order valence-corrected chi connectivity index (χ4v) is 4.76. The van der Waals surface area contributed by atoms with Gasteiger partial charge in [-0.05, 0) is 27.2 Å². The highest BCUT2D eigenvalue weighted by atomic mass is 32.2. The van der Waals surface area contributed by atoms with Crippen LogP contribution in [0.3, 0.4) is 0 Å². The number of piperidine rings is 1. The number of ether oxygens (including phenoxy) is 3. The van der Waals surface area contributed by atoms with Crippen molar-refractivity contribution in [3.8, 4) is 0 Å². The lowest BCUT2D eigenvalue weighted by Gasteiger charge is -2.40. The summed E-state index contributed by atoms with van der Waals surface area (Å²) in [4.78, 5) is 9.44. The number of aliphatic hydroxyl groups excluding tert-OH is 1. The maximum absolute atomic E-state index is 9.15. The van der Waals surface area contributed by atoms with E-state index in [4.69, 9.17) is 24.3 Å². The highest BCUT2D eigenvalue weighted by Crippen LogP contribution is 2.50. The third-order valence-corrected chi connectivity index (χ3v) is 6.25. The van der Waals surface area contributed by atoms with Gasteiger partial charge < -0.3 is 14.6 Å². The summed E-state index contributed by atoms with van der Waals surface area (Å²) in [5.41, 5.74) is 1.55. The van der Waals surface area contributed by atoms with Crippen molar-refractivity contribution in [1.82, 2.24) is 14.6 Å². The molecule has 0 aliphatic carbocycles. The van der Waals surface area contributed by atoms with Crippen LogP contribution in [0.5, 0.6) is 0 Å². The van der Waals surface area contributed by atoms with E-state index in [-0.39, 0.29) is 30.0 Å². The van der Waals surface area contributed by atoms with E-state index in [9.17, 15) is 0 Å². The molecule has 4 atom stereocenters. The number of aryl methyl sites for hydroxylation is 1. The van der Waals surface area contributed by atoms with Crippen molar-refractivity contribution in [1.29, 1.82) is 0 Å². The molecule has 10 heteroatoms. The molecule has 1 unspecified atom stereocenters. The fourth-order valence-electron chi connectivity index (χ4n) is 4.02. The zero-order chi connectivity index (χ0) is 19.9. The summed E-state index contributed by atoms with van der Waals surface area (Å²) in [5.74, 6) is 0.983. The molecule has 0 aromatic carbocycles. The number of aliphatic hydroxyl groups is 1. The third-order valence-electron chi connectivity index (χ3n) is 5.20. The summed E-state index contributed by atoms with van der Waals surface area (Å²) in [6.07, 6.45) is 0.870. The summed E-state index contributed by atoms with van der Waals surface area (Å²) in [6.45, 7) is 8.77. The Bertz CT molecular complexity index is 777. The van der Waals surface area contributed by atoms with Crippen molar-refractivity contribution in [2.45, 2.75) is 69.9 Å². The molecular formula is C18H28N5O4S+. The van der Waals surface area contributed by atoms with Gasteiger partial charge in [0.15, 0.2) is 22.7 Å². The number of hydrogen-bond acceptors (Lipinski definition) is 9. The summed E-state index contributed by atoms with van der Waals surface area (Å²) >= 11 is 1.64. The zero-order valence-electron chi connectivity index (χ0n) is 16.8. The summed E-state index contributed by atoms with van der Waals surface area (Å²) in [6, 6.07) is 0. The Morgan fingerprint density at radius 1 is 1.32 bits per heavy atom. The van der Waals surface area contributed by atoms with Gasteiger partial charge in [-0.2, -0.15) is 4.98 Å². The molecule has 28 heavy (non-hydrogen) atoms. The quantitative estimate of drug-likeness (QED) is 0.437. The lowest BCUT2D eigenvalue weighted by atomic mass is 10.0. The van der Waals surface area contributed by atoms with Gasteiger partial charge in [-0.25, -0.2) is 4.98 Å². The first-order valence-corrected chi connectivity index (χ1v) is 10.8. The third kappa shape index (κ3) is 3.35. The SMILES string of the molecule is CCCSc1nc(C)c2c(n1)[N+]1(CC[C@H](OCCO)[C@H]3OC(C)(C)O[C@H]31)N=N2. The molecule has 1 aromatic heterocycles. The van der Waals surface area contributed by atoms with Crippen LogP contribution in [-0.4, -0.2) is 64.8 Å². The Hall–Kier alpha value is -1.17. The second kappa shape index (κ2) is 7.58. The zero-order valence-corrected chi connectivity index (χ0v) is 17.6. The average Bonchev–Trinajstić information content (AvgIpc) is 3.18. The molecule has 0 bridgehead atoms. The van der Waals surface area contributed by atoms with Crippen LogP contribution in [0.15, 0.2) is 15.5 Å². The number of quaternary nitrogens is 1. The average molecular weight is 411 g/mol. The largest absolute Gasteiger partial charge is 0.394 e. The molecule has 4 heterocycles. The van der Waals surface area contributed by atoms with Crippen molar-refractivity contribution in [2.24, 2.45) is 10.3 Å². The van der Waals surface area contributed by atoms with Crippen molar-refractivity contribution in [2.75, 3.05) is 25.5 Å². The molecule has 1 N–H and O–H groups in total. The van der Waals surface area contributed by atoms with E-state index in [1.54, 1.807) is 11.8 Å². The summed E-state index contributed by atoms with van der Waals surface area (Å²) < 4.78 is 18.5. The summed E-state index contributed by atoms with van der Waals surface area (Å²) in [7, 11) is 0. The predicted octanol–water partition coefficient (Wildman–Crippen LogP) is 2.87. The van der Waals surface area contributed by atoms with Gasteiger partial charge in [-0.1, -0.05) is 23.8 Å². The van der Waals surface area contributed by atoms with Crippen LogP contribution < -0.4 is 4.59 Å². The first-order valence-electron chi connectivity index (χ1n) is 9.81. The molecule has 1 aromatic rings. The van der Waals surface area contributed by atoms with E-state index in [1.807, 2.05) is 20.8 Å². The normalized spacial score (nSPS) is 32.7. The van der Waals surface area contributed by atoms with Crippen LogP contribution in [0.1, 0.15) is 39.3 Å². The van der Waals surface area contributed by atoms with Crippen molar-refractivity contribution < 1.29 is 19.3 Å². The van der Waals surface area contributed by atoms with E-state index in [0.29, 0.717) is 13.0 Å². The smallest absolute Gasteiger partial charge is 0.290 e. The number of fused-ring (bicyclic) bond motifs is 4. The Morgan fingerprint density at radius 3 is 2.89 bits per heavy atom. The molecule has 3 aliphatic heterocycles. The van der Waals surface area contributed by atoms with Crippen LogP contribution >= 0.6 is 11.8 Å². The first-order chi connectivity index (χ1) is 13.4. The van der Waals surface area contributed by atoms with Gasteiger partial charge in [-0.3, -0.25) is 4.74 Å². The van der Waals surface area contributed by atoms with Gasteiger partial charge in [-0.15, -0.1) is 4.59 Å². The number of aromatic nitrogens is 2. The van der Waals surface area contributed by atoms with Crippen LogP contribution in [0.25, 0.3) is 0 Å². The standard InChI is InChI=1S/C18H28N5O4S/c1-5-10-28-17-19-11(2)13-15(20-17)23(22-21-13)7-6-12(25-9-8-24)14-16(23)27-18(3,4)26-14/h12,14,16,24H,5-10H2,1-4H3/q+1/t12-,14+,16+,23?/m0/s1. The minimum absolute atomic E-state index is 0.0227. The van der Waals surface area contributed by atoms with E-state index < -0.39 is 12.0 Å². The van der Waals surface area contributed by atoms with Crippen LogP contribution in [-0.2, 0) is 14.2 Å². The van der Waals surface area contributed by atoms with Gasteiger partial charge in [0.25, 0.3) is 12.0 Å². The van der Waals surface area contributed by atoms with E-state index in [0.717, 1.165) is 34.5 Å². The van der Waals surface area contributed by atoms with E-state index in [2.05, 4.69) is 22.2 Å². The molecule has 1 spiro atoms. The Kier molecular flexibility index (Phi) is 5.45. The Morgan fingerprint density at radius 2 is 2.14 bits per heavy atom. The highest BCUT2D eigenvalue weighted by Gasteiger charge is 2.64. The van der Waals surface area contributed by atoms with Crippen LogP contribution in [0.4, 0.5) is 11.5 Å². The molecule has 0 saturated carbocycles. The highest BCUT2D eigenvalue weighted by molar-refractivity contribution is 7.99. The van der Waals surface area contributed by atoms with Gasteiger partial charge in [0.2, 0.25) is 0 Å². The van der Waals surface area contributed by atoms with Gasteiger partial charge in [0.1, 0.15) is 6.54 Å². The molecule has 154 valence electrons. The second-order valence-electron chi connectivity index (χ2n) is 7.76. The fraction of sp³-hybridized carbons (Fsp3) is 0.778. The molecule has 3 aliphatic rings. The number of nitrogens with zero attached hydrogens (tertiary/aromatic N) is 5. The molecule has 9 nitrogen and oxygen atoms in total.